The summed E-state index contributed by atoms with van der Waals surface area (Å²) in [4.78, 5) is 13.6. The Morgan fingerprint density at radius 1 is 1.31 bits per heavy atom. The number of hydrogen-bond donors (Lipinski definition) is 1. The van der Waals surface area contributed by atoms with E-state index in [4.69, 9.17) is 5.73 Å². The minimum Gasteiger partial charge on any atom is -0.334 e. The van der Waals surface area contributed by atoms with E-state index in [-0.39, 0.29) is 11.9 Å². The van der Waals surface area contributed by atoms with E-state index in [1.54, 1.807) is 11.9 Å². The summed E-state index contributed by atoms with van der Waals surface area (Å²) in [5, 5.41) is 0. The van der Waals surface area contributed by atoms with Crippen LogP contribution in [0.25, 0.3) is 0 Å². The monoisotopic (exact) mass is 216 g/mol. The number of carbonyl (C=O) groups is 1. The molecule has 2 rings (SSSR count). The van der Waals surface area contributed by atoms with Crippen LogP contribution in [-0.4, -0.2) is 23.9 Å². The highest BCUT2D eigenvalue weighted by Gasteiger charge is 2.25. The fraction of sp³-hybridized carbons (Fsp3) is 0.308. The summed E-state index contributed by atoms with van der Waals surface area (Å²) in [5.41, 5.74) is 6.88. The molecular weight excluding hydrogens is 200 g/mol. The first-order chi connectivity index (χ1) is 7.70. The van der Waals surface area contributed by atoms with Gasteiger partial charge in [0.15, 0.2) is 0 Å². The number of nitrogens with zero attached hydrogens (tertiary/aromatic N) is 1. The smallest absolute Gasteiger partial charge is 0.240 e. The topological polar surface area (TPSA) is 46.3 Å². The molecule has 2 atom stereocenters. The van der Waals surface area contributed by atoms with Crippen LogP contribution in [0.15, 0.2) is 42.5 Å². The van der Waals surface area contributed by atoms with E-state index in [0.717, 1.165) is 5.56 Å². The Kier molecular flexibility index (Phi) is 3.06. The number of benzene rings is 1. The van der Waals surface area contributed by atoms with Gasteiger partial charge < -0.3 is 10.6 Å². The Morgan fingerprint density at radius 3 is 2.69 bits per heavy atom. The molecule has 1 aromatic rings. The Balaban J connectivity index is 2.31. The predicted octanol–water partition coefficient (Wildman–Crippen LogP) is 1.47. The van der Waals surface area contributed by atoms with Crippen molar-refractivity contribution in [3.05, 3.63) is 48.0 Å². The summed E-state index contributed by atoms with van der Waals surface area (Å²) < 4.78 is 0. The van der Waals surface area contributed by atoms with Crippen LogP contribution in [-0.2, 0) is 4.79 Å². The molecule has 0 saturated carbocycles. The van der Waals surface area contributed by atoms with E-state index in [2.05, 4.69) is 0 Å². The SMILES string of the molecule is CN1C(=O)[C@@H](N)CC=C[C@@H]1c1ccccc1. The molecule has 1 heterocycles. The summed E-state index contributed by atoms with van der Waals surface area (Å²) in [6, 6.07) is 9.57. The van der Waals surface area contributed by atoms with Crippen LogP contribution in [0.4, 0.5) is 0 Å². The maximum absolute atomic E-state index is 11.9. The van der Waals surface area contributed by atoms with E-state index >= 15 is 0 Å². The lowest BCUT2D eigenvalue weighted by atomic mass is 10.1. The molecule has 0 radical (unpaired) electrons. The molecule has 84 valence electrons. The lowest BCUT2D eigenvalue weighted by Crippen LogP contribution is -2.41. The van der Waals surface area contributed by atoms with E-state index in [9.17, 15) is 4.79 Å². The van der Waals surface area contributed by atoms with Crippen LogP contribution < -0.4 is 5.73 Å². The van der Waals surface area contributed by atoms with E-state index in [1.165, 1.54) is 0 Å². The van der Waals surface area contributed by atoms with Gasteiger partial charge >= 0.3 is 0 Å². The van der Waals surface area contributed by atoms with Crippen molar-refractivity contribution in [3.63, 3.8) is 0 Å². The van der Waals surface area contributed by atoms with Crippen molar-refractivity contribution in [1.82, 2.24) is 4.90 Å². The van der Waals surface area contributed by atoms with Gasteiger partial charge in [0.25, 0.3) is 0 Å². The lowest BCUT2D eigenvalue weighted by molar-refractivity contribution is -0.132. The quantitative estimate of drug-likeness (QED) is 0.723. The van der Waals surface area contributed by atoms with Crippen LogP contribution in [0.2, 0.25) is 0 Å². The molecule has 0 aromatic heterocycles. The summed E-state index contributed by atoms with van der Waals surface area (Å²) in [7, 11) is 1.80. The molecule has 0 bridgehead atoms. The second-order valence-electron chi connectivity index (χ2n) is 4.08. The summed E-state index contributed by atoms with van der Waals surface area (Å²) in [6.07, 6.45) is 4.65. The normalized spacial score (nSPS) is 25.6. The van der Waals surface area contributed by atoms with Crippen LogP contribution in [0, 0.1) is 0 Å². The predicted molar refractivity (Wildman–Crippen MR) is 63.7 cm³/mol. The molecule has 0 unspecified atom stereocenters. The number of amides is 1. The summed E-state index contributed by atoms with van der Waals surface area (Å²) in [6.45, 7) is 0. The van der Waals surface area contributed by atoms with Crippen LogP contribution in [0.1, 0.15) is 18.0 Å². The minimum atomic E-state index is -0.407. The van der Waals surface area contributed by atoms with Crippen molar-refractivity contribution in [2.45, 2.75) is 18.5 Å². The Labute approximate surface area is 95.6 Å². The van der Waals surface area contributed by atoms with Crippen molar-refractivity contribution in [1.29, 1.82) is 0 Å². The first kappa shape index (κ1) is 10.9. The third kappa shape index (κ3) is 1.99. The number of carbonyl (C=O) groups excluding carboxylic acids is 1. The van der Waals surface area contributed by atoms with Gasteiger partial charge in [-0.05, 0) is 12.0 Å². The summed E-state index contributed by atoms with van der Waals surface area (Å²) in [5.74, 6) is -0.00106. The molecule has 16 heavy (non-hydrogen) atoms. The maximum atomic E-state index is 11.9. The van der Waals surface area contributed by atoms with Gasteiger partial charge in [0.2, 0.25) is 5.91 Å². The van der Waals surface area contributed by atoms with Gasteiger partial charge in [-0.15, -0.1) is 0 Å². The molecule has 0 saturated heterocycles. The Bertz CT molecular complexity index is 400. The highest BCUT2D eigenvalue weighted by atomic mass is 16.2. The molecule has 1 aliphatic heterocycles. The average Bonchev–Trinajstić information content (AvgIpc) is 2.44. The van der Waals surface area contributed by atoms with Crippen LogP contribution in [0.5, 0.6) is 0 Å². The van der Waals surface area contributed by atoms with Crippen LogP contribution >= 0.6 is 0 Å². The molecule has 2 N–H and O–H groups in total. The van der Waals surface area contributed by atoms with Crippen molar-refractivity contribution >= 4 is 5.91 Å². The molecule has 3 heteroatoms. The van der Waals surface area contributed by atoms with E-state index < -0.39 is 6.04 Å². The zero-order valence-electron chi connectivity index (χ0n) is 9.34. The van der Waals surface area contributed by atoms with Gasteiger partial charge in [0.05, 0.1) is 12.1 Å². The zero-order valence-corrected chi connectivity index (χ0v) is 9.34. The number of nitrogens with two attached hydrogens (primary N) is 1. The molecule has 0 aliphatic carbocycles. The van der Waals surface area contributed by atoms with Gasteiger partial charge in [-0.2, -0.15) is 0 Å². The molecular formula is C13H16N2O. The maximum Gasteiger partial charge on any atom is 0.240 e. The molecule has 3 nitrogen and oxygen atoms in total. The third-order valence-corrected chi connectivity index (χ3v) is 2.93. The van der Waals surface area contributed by atoms with Gasteiger partial charge in [-0.3, -0.25) is 4.79 Å². The Hall–Kier alpha value is -1.61. The van der Waals surface area contributed by atoms with Gasteiger partial charge in [-0.1, -0.05) is 42.5 Å². The third-order valence-electron chi connectivity index (χ3n) is 2.93. The highest BCUT2D eigenvalue weighted by molar-refractivity contribution is 5.82. The van der Waals surface area contributed by atoms with Crippen molar-refractivity contribution in [3.8, 4) is 0 Å². The number of likely N-dealkylation sites (N-methyl/N-ethyl adjacent to an activating group) is 1. The standard InChI is InChI=1S/C13H16N2O/c1-15-12(10-6-3-2-4-7-10)9-5-8-11(14)13(15)16/h2-7,9,11-12H,8,14H2,1H3/t11-,12+/m0/s1. The first-order valence-electron chi connectivity index (χ1n) is 5.44. The van der Waals surface area contributed by atoms with Crippen molar-refractivity contribution < 1.29 is 4.79 Å². The molecule has 0 fully saturated rings. The lowest BCUT2D eigenvalue weighted by Gasteiger charge is -2.26. The van der Waals surface area contributed by atoms with Crippen molar-refractivity contribution in [2.24, 2.45) is 5.73 Å². The van der Waals surface area contributed by atoms with Gasteiger partial charge in [-0.25, -0.2) is 0 Å². The van der Waals surface area contributed by atoms with E-state index in [0.29, 0.717) is 6.42 Å². The molecule has 0 spiro atoms. The van der Waals surface area contributed by atoms with Gasteiger partial charge in [0, 0.05) is 7.05 Å². The molecule has 1 aliphatic rings. The molecule has 1 amide bonds. The number of hydrogen-bond acceptors (Lipinski definition) is 2. The van der Waals surface area contributed by atoms with E-state index in [1.807, 2.05) is 42.5 Å². The first-order valence-corrected chi connectivity index (χ1v) is 5.44. The fourth-order valence-electron chi connectivity index (χ4n) is 1.97. The fourth-order valence-corrected chi connectivity index (χ4v) is 1.97. The van der Waals surface area contributed by atoms with Crippen molar-refractivity contribution in [2.75, 3.05) is 7.05 Å². The second-order valence-corrected chi connectivity index (χ2v) is 4.08. The number of rotatable bonds is 1. The minimum absolute atomic E-state index is 0.00106. The Morgan fingerprint density at radius 2 is 2.00 bits per heavy atom. The largest absolute Gasteiger partial charge is 0.334 e. The average molecular weight is 216 g/mol. The summed E-state index contributed by atoms with van der Waals surface area (Å²) >= 11 is 0. The highest BCUT2D eigenvalue weighted by Crippen LogP contribution is 2.24. The second kappa shape index (κ2) is 4.49. The van der Waals surface area contributed by atoms with Crippen LogP contribution in [0.3, 0.4) is 0 Å². The molecule has 1 aromatic carbocycles. The zero-order chi connectivity index (χ0) is 11.5. The van der Waals surface area contributed by atoms with Gasteiger partial charge in [0.1, 0.15) is 0 Å².